The monoisotopic (exact) mass is 354 g/mol. The molecular formula is C21H26N2O3. The van der Waals surface area contributed by atoms with Crippen molar-refractivity contribution in [1.29, 1.82) is 0 Å². The number of aromatic amines is 1. The molecule has 0 aliphatic heterocycles. The third kappa shape index (κ3) is 3.35. The molecule has 0 aliphatic carbocycles. The molecule has 3 N–H and O–H groups in total. The largest absolute Gasteiger partial charge is 0.497 e. The minimum atomic E-state index is 0.693. The summed E-state index contributed by atoms with van der Waals surface area (Å²) in [5.41, 5.74) is 9.96. The summed E-state index contributed by atoms with van der Waals surface area (Å²) >= 11 is 0. The van der Waals surface area contributed by atoms with E-state index in [1.807, 2.05) is 30.3 Å². The highest BCUT2D eigenvalue weighted by Gasteiger charge is 2.20. The summed E-state index contributed by atoms with van der Waals surface area (Å²) in [7, 11) is 5.04. The fourth-order valence-electron chi connectivity index (χ4n) is 3.37. The van der Waals surface area contributed by atoms with Gasteiger partial charge in [0.1, 0.15) is 17.2 Å². The predicted octanol–water partition coefficient (Wildman–Crippen LogP) is 4.14. The molecule has 5 heteroatoms. The predicted molar refractivity (Wildman–Crippen MR) is 105 cm³/mol. The first-order chi connectivity index (χ1) is 12.7. The van der Waals surface area contributed by atoms with Crippen molar-refractivity contribution in [2.45, 2.75) is 19.3 Å². The molecule has 0 amide bonds. The average molecular weight is 354 g/mol. The van der Waals surface area contributed by atoms with Crippen LogP contribution in [0.25, 0.3) is 22.2 Å². The lowest BCUT2D eigenvalue weighted by atomic mass is 9.99. The van der Waals surface area contributed by atoms with E-state index in [0.717, 1.165) is 58.7 Å². The molecule has 138 valence electrons. The lowest BCUT2D eigenvalue weighted by molar-refractivity contribution is 0.397. The van der Waals surface area contributed by atoms with E-state index in [2.05, 4.69) is 11.1 Å². The molecule has 0 atom stereocenters. The maximum absolute atomic E-state index is 5.70. The summed E-state index contributed by atoms with van der Waals surface area (Å²) in [6.45, 7) is 0.693. The Balaban J connectivity index is 2.23. The van der Waals surface area contributed by atoms with Gasteiger partial charge in [0.05, 0.1) is 32.6 Å². The van der Waals surface area contributed by atoms with E-state index in [9.17, 15) is 0 Å². The topological polar surface area (TPSA) is 69.5 Å². The molecule has 0 spiro atoms. The van der Waals surface area contributed by atoms with Crippen LogP contribution in [0.15, 0.2) is 36.4 Å². The number of benzene rings is 2. The van der Waals surface area contributed by atoms with Gasteiger partial charge in [0.25, 0.3) is 0 Å². The third-order valence-corrected chi connectivity index (χ3v) is 4.67. The van der Waals surface area contributed by atoms with Crippen LogP contribution in [0.2, 0.25) is 0 Å². The number of H-pyrrole nitrogens is 1. The zero-order valence-corrected chi connectivity index (χ0v) is 15.6. The molecule has 2 aromatic carbocycles. The molecule has 26 heavy (non-hydrogen) atoms. The SMILES string of the molecule is COc1ccc2[nH]c(-c3c(OC)cccc3OC)c(CCCCN)c2c1. The number of ether oxygens (including phenoxy) is 3. The molecule has 3 rings (SSSR count). The van der Waals surface area contributed by atoms with Crippen molar-refractivity contribution in [3.05, 3.63) is 42.0 Å². The Bertz CT molecular complexity index is 864. The first-order valence-corrected chi connectivity index (χ1v) is 8.83. The van der Waals surface area contributed by atoms with E-state index >= 15 is 0 Å². The van der Waals surface area contributed by atoms with Crippen LogP contribution in [0.1, 0.15) is 18.4 Å². The summed E-state index contributed by atoms with van der Waals surface area (Å²) in [6.07, 6.45) is 2.92. The normalized spacial score (nSPS) is 10.9. The van der Waals surface area contributed by atoms with Crippen LogP contribution in [0.4, 0.5) is 0 Å². The number of aryl methyl sites for hydroxylation is 1. The third-order valence-electron chi connectivity index (χ3n) is 4.67. The smallest absolute Gasteiger partial charge is 0.131 e. The van der Waals surface area contributed by atoms with Gasteiger partial charge in [0.15, 0.2) is 0 Å². The van der Waals surface area contributed by atoms with Gasteiger partial charge in [0, 0.05) is 10.9 Å². The van der Waals surface area contributed by atoms with Gasteiger partial charge in [-0.15, -0.1) is 0 Å². The van der Waals surface area contributed by atoms with Crippen LogP contribution < -0.4 is 19.9 Å². The summed E-state index contributed by atoms with van der Waals surface area (Å²) in [5.74, 6) is 2.40. The molecule has 0 saturated heterocycles. The van der Waals surface area contributed by atoms with Crippen molar-refractivity contribution >= 4 is 10.9 Å². The Morgan fingerprint density at radius 2 is 1.65 bits per heavy atom. The van der Waals surface area contributed by atoms with E-state index in [0.29, 0.717) is 6.54 Å². The van der Waals surface area contributed by atoms with Gasteiger partial charge < -0.3 is 24.9 Å². The Hall–Kier alpha value is -2.66. The van der Waals surface area contributed by atoms with Crippen molar-refractivity contribution < 1.29 is 14.2 Å². The number of hydrogen-bond acceptors (Lipinski definition) is 4. The highest BCUT2D eigenvalue weighted by Crippen LogP contribution is 2.42. The van der Waals surface area contributed by atoms with Gasteiger partial charge in [-0.25, -0.2) is 0 Å². The lowest BCUT2D eigenvalue weighted by Gasteiger charge is -2.14. The highest BCUT2D eigenvalue weighted by molar-refractivity contribution is 5.94. The van der Waals surface area contributed by atoms with Crippen LogP contribution >= 0.6 is 0 Å². The molecule has 0 unspecified atom stereocenters. The number of aromatic nitrogens is 1. The molecule has 0 saturated carbocycles. The maximum Gasteiger partial charge on any atom is 0.131 e. The zero-order chi connectivity index (χ0) is 18.5. The Labute approximate surface area is 154 Å². The first kappa shape index (κ1) is 18.1. The fourth-order valence-corrected chi connectivity index (χ4v) is 3.37. The van der Waals surface area contributed by atoms with Gasteiger partial charge in [-0.1, -0.05) is 6.07 Å². The average Bonchev–Trinajstić information content (AvgIpc) is 3.04. The van der Waals surface area contributed by atoms with Crippen LogP contribution in [-0.4, -0.2) is 32.9 Å². The number of rotatable bonds is 8. The summed E-state index contributed by atoms with van der Waals surface area (Å²) in [4.78, 5) is 3.56. The molecule has 0 aliphatic rings. The Kier molecular flexibility index (Phi) is 5.68. The fraction of sp³-hybridized carbons (Fsp3) is 0.333. The van der Waals surface area contributed by atoms with Crippen molar-refractivity contribution in [3.8, 4) is 28.5 Å². The van der Waals surface area contributed by atoms with Crippen LogP contribution in [0.5, 0.6) is 17.2 Å². The molecule has 1 aromatic heterocycles. The van der Waals surface area contributed by atoms with Crippen molar-refractivity contribution in [3.63, 3.8) is 0 Å². The van der Waals surface area contributed by atoms with Crippen LogP contribution in [0.3, 0.4) is 0 Å². The second-order valence-electron chi connectivity index (χ2n) is 6.17. The number of nitrogens with one attached hydrogen (secondary N) is 1. The number of unbranched alkanes of at least 4 members (excludes halogenated alkanes) is 1. The quantitative estimate of drug-likeness (QED) is 0.597. The Morgan fingerprint density at radius 1 is 0.923 bits per heavy atom. The van der Waals surface area contributed by atoms with Crippen molar-refractivity contribution in [2.75, 3.05) is 27.9 Å². The van der Waals surface area contributed by atoms with Gasteiger partial charge in [-0.3, -0.25) is 0 Å². The molecule has 0 bridgehead atoms. The van der Waals surface area contributed by atoms with E-state index in [1.54, 1.807) is 21.3 Å². The second kappa shape index (κ2) is 8.15. The minimum absolute atomic E-state index is 0.693. The maximum atomic E-state index is 5.70. The van der Waals surface area contributed by atoms with E-state index in [1.165, 1.54) is 5.56 Å². The zero-order valence-electron chi connectivity index (χ0n) is 15.6. The molecule has 1 heterocycles. The van der Waals surface area contributed by atoms with Crippen molar-refractivity contribution in [2.24, 2.45) is 5.73 Å². The minimum Gasteiger partial charge on any atom is -0.497 e. The van der Waals surface area contributed by atoms with Gasteiger partial charge in [-0.2, -0.15) is 0 Å². The van der Waals surface area contributed by atoms with E-state index in [4.69, 9.17) is 19.9 Å². The number of nitrogens with two attached hydrogens (primary N) is 1. The standard InChI is InChI=1S/C21H26N2O3/c1-24-14-10-11-17-16(13-14)15(7-4-5-12-22)21(23-17)20-18(25-2)8-6-9-19(20)26-3/h6,8-11,13,23H,4-5,7,12,22H2,1-3H3. The molecule has 3 aromatic rings. The lowest BCUT2D eigenvalue weighted by Crippen LogP contribution is -2.00. The summed E-state index contributed by atoms with van der Waals surface area (Å²) in [5, 5.41) is 1.16. The first-order valence-electron chi connectivity index (χ1n) is 8.83. The molecular weight excluding hydrogens is 328 g/mol. The van der Waals surface area contributed by atoms with Crippen LogP contribution in [0, 0.1) is 0 Å². The highest BCUT2D eigenvalue weighted by atomic mass is 16.5. The summed E-state index contributed by atoms with van der Waals surface area (Å²) in [6, 6.07) is 11.9. The van der Waals surface area contributed by atoms with Crippen molar-refractivity contribution in [1.82, 2.24) is 4.98 Å². The van der Waals surface area contributed by atoms with Gasteiger partial charge in [-0.05, 0) is 61.7 Å². The summed E-state index contributed by atoms with van der Waals surface area (Å²) < 4.78 is 16.7. The molecule has 0 fully saturated rings. The molecule has 5 nitrogen and oxygen atoms in total. The molecule has 0 radical (unpaired) electrons. The van der Waals surface area contributed by atoms with Gasteiger partial charge in [0.2, 0.25) is 0 Å². The van der Waals surface area contributed by atoms with Gasteiger partial charge >= 0.3 is 0 Å². The number of hydrogen-bond donors (Lipinski definition) is 2. The number of methoxy groups -OCH3 is 3. The number of fused-ring (bicyclic) bond motifs is 1. The van der Waals surface area contributed by atoms with E-state index in [-0.39, 0.29) is 0 Å². The van der Waals surface area contributed by atoms with Crippen LogP contribution in [-0.2, 0) is 6.42 Å². The van der Waals surface area contributed by atoms with E-state index < -0.39 is 0 Å². The second-order valence-corrected chi connectivity index (χ2v) is 6.17. The Morgan fingerprint density at radius 3 is 2.27 bits per heavy atom.